The summed E-state index contributed by atoms with van der Waals surface area (Å²) < 4.78 is 13.0. The first-order valence-corrected chi connectivity index (χ1v) is 13.5. The van der Waals surface area contributed by atoms with Crippen molar-refractivity contribution in [1.82, 2.24) is 14.9 Å². The van der Waals surface area contributed by atoms with E-state index in [0.717, 1.165) is 27.9 Å². The lowest BCUT2D eigenvalue weighted by molar-refractivity contribution is -0.132. The quantitative estimate of drug-likeness (QED) is 0.164. The van der Waals surface area contributed by atoms with Gasteiger partial charge >= 0.3 is 12.1 Å². The highest BCUT2D eigenvalue weighted by Gasteiger charge is 2.38. The molecule has 1 amide bonds. The van der Waals surface area contributed by atoms with Crippen LogP contribution in [0.5, 0.6) is 5.75 Å². The second-order valence-corrected chi connectivity index (χ2v) is 11.7. The summed E-state index contributed by atoms with van der Waals surface area (Å²) in [5.74, 6) is -0.508. The van der Waals surface area contributed by atoms with Crippen LogP contribution in [0.25, 0.3) is 11.3 Å². The minimum absolute atomic E-state index is 0.369. The van der Waals surface area contributed by atoms with Crippen LogP contribution in [0.3, 0.4) is 0 Å². The van der Waals surface area contributed by atoms with Gasteiger partial charge in [-0.3, -0.25) is 9.79 Å². The second-order valence-electron chi connectivity index (χ2n) is 11.7. The van der Waals surface area contributed by atoms with E-state index < -0.39 is 23.2 Å². The third-order valence-corrected chi connectivity index (χ3v) is 6.78. The predicted molar refractivity (Wildman–Crippen MR) is 158 cm³/mol. The Morgan fingerprint density at radius 2 is 1.66 bits per heavy atom. The number of nitrogens with zero attached hydrogens (tertiary/aromatic N) is 3. The number of para-hydroxylation sites is 1. The van der Waals surface area contributed by atoms with Crippen molar-refractivity contribution in [2.45, 2.75) is 51.7 Å². The highest BCUT2D eigenvalue weighted by molar-refractivity contribution is 6.18. The molecule has 1 N–H and O–H groups in total. The van der Waals surface area contributed by atoms with Gasteiger partial charge in [-0.05, 0) is 63.9 Å². The Hall–Kier alpha value is -4.72. The molecule has 0 bridgehead atoms. The van der Waals surface area contributed by atoms with Gasteiger partial charge in [0.15, 0.2) is 0 Å². The van der Waals surface area contributed by atoms with E-state index in [2.05, 4.69) is 10.3 Å². The Morgan fingerprint density at radius 3 is 2.29 bits per heavy atom. The number of imidazole rings is 1. The average Bonchev–Trinajstić information content (AvgIpc) is 3.48. The van der Waals surface area contributed by atoms with Crippen LogP contribution in [0.2, 0.25) is 0 Å². The summed E-state index contributed by atoms with van der Waals surface area (Å²) >= 11 is 0. The molecule has 1 aliphatic rings. The lowest BCUT2D eigenvalue weighted by Crippen LogP contribution is -2.43. The molecule has 41 heavy (non-hydrogen) atoms. The first-order valence-electron chi connectivity index (χ1n) is 13.5. The molecule has 0 fully saturated rings. The number of benzene rings is 3. The number of hydrogen-bond acceptors (Lipinski definition) is 6. The molecule has 0 radical (unpaired) electrons. The molecule has 1 unspecified atom stereocenters. The summed E-state index contributed by atoms with van der Waals surface area (Å²) in [6.45, 7) is 9.30. The van der Waals surface area contributed by atoms with Crippen molar-refractivity contribution < 1.29 is 19.1 Å². The molecule has 8 nitrogen and oxygen atoms in total. The van der Waals surface area contributed by atoms with Gasteiger partial charge in [-0.15, -0.1) is 0 Å². The maximum Gasteiger partial charge on any atom is 0.408 e. The van der Waals surface area contributed by atoms with E-state index >= 15 is 0 Å². The normalized spacial score (nSPS) is 15.3. The zero-order valence-corrected chi connectivity index (χ0v) is 24.1. The van der Waals surface area contributed by atoms with E-state index in [0.29, 0.717) is 17.1 Å². The summed E-state index contributed by atoms with van der Waals surface area (Å²) in [6.07, 6.45) is 3.22. The molecular formula is C33H34N4O4. The van der Waals surface area contributed by atoms with Crippen molar-refractivity contribution in [2.75, 3.05) is 0 Å². The average molecular weight is 551 g/mol. The molecule has 1 aliphatic heterocycles. The Bertz CT molecular complexity index is 1610. The van der Waals surface area contributed by atoms with Crippen molar-refractivity contribution in [2.24, 2.45) is 12.0 Å². The zero-order chi connectivity index (χ0) is 29.4. The number of fused-ring (bicyclic) bond motifs is 1. The largest absolute Gasteiger partial charge is 0.444 e. The van der Waals surface area contributed by atoms with E-state index in [4.69, 9.17) is 14.5 Å². The van der Waals surface area contributed by atoms with E-state index in [9.17, 15) is 9.59 Å². The van der Waals surface area contributed by atoms with Gasteiger partial charge in [0.25, 0.3) is 0 Å². The van der Waals surface area contributed by atoms with Crippen molar-refractivity contribution in [3.8, 4) is 17.0 Å². The number of aliphatic imine (C=N–C) groups is 1. The number of esters is 1. The maximum atomic E-state index is 13.2. The summed E-state index contributed by atoms with van der Waals surface area (Å²) in [5, 5.41) is 2.94. The SMILES string of the molecule is Cn1cnc(-c2ccc(N=C(c3ccc(C(C)(C)NC(=O)OC(C)(C)C)cc3)C3C(=O)Oc4ccccc43)cc2)c1. The zero-order valence-electron chi connectivity index (χ0n) is 24.1. The van der Waals surface area contributed by atoms with Gasteiger partial charge in [-0.1, -0.05) is 54.6 Å². The highest BCUT2D eigenvalue weighted by Crippen LogP contribution is 2.38. The summed E-state index contributed by atoms with van der Waals surface area (Å²) in [5.41, 5.74) is 4.25. The van der Waals surface area contributed by atoms with Gasteiger partial charge in [-0.25, -0.2) is 9.78 Å². The number of aryl methyl sites for hydroxylation is 1. The van der Waals surface area contributed by atoms with Crippen LogP contribution in [0.15, 0.2) is 90.3 Å². The molecule has 0 saturated carbocycles. The van der Waals surface area contributed by atoms with Crippen LogP contribution in [0, 0.1) is 0 Å². The molecule has 1 atom stereocenters. The van der Waals surface area contributed by atoms with Crippen LogP contribution >= 0.6 is 0 Å². The van der Waals surface area contributed by atoms with Crippen LogP contribution in [0.4, 0.5) is 10.5 Å². The molecule has 8 heteroatoms. The molecule has 5 rings (SSSR count). The summed E-state index contributed by atoms with van der Waals surface area (Å²) in [6, 6.07) is 22.9. The van der Waals surface area contributed by atoms with Crippen LogP contribution < -0.4 is 10.1 Å². The summed E-state index contributed by atoms with van der Waals surface area (Å²) in [7, 11) is 1.93. The number of ether oxygens (including phenoxy) is 2. The first kappa shape index (κ1) is 27.8. The molecule has 1 aromatic heterocycles. The summed E-state index contributed by atoms with van der Waals surface area (Å²) in [4.78, 5) is 35.0. The van der Waals surface area contributed by atoms with E-state index in [-0.39, 0.29) is 5.97 Å². The first-order chi connectivity index (χ1) is 19.4. The van der Waals surface area contributed by atoms with Crippen LogP contribution in [-0.4, -0.2) is 32.9 Å². The Kier molecular flexibility index (Phi) is 7.26. The topological polar surface area (TPSA) is 94.8 Å². The molecule has 4 aromatic rings. The van der Waals surface area contributed by atoms with Crippen molar-refractivity contribution in [3.63, 3.8) is 0 Å². The number of nitrogens with one attached hydrogen (secondary N) is 1. The number of carbonyl (C=O) groups is 2. The predicted octanol–water partition coefficient (Wildman–Crippen LogP) is 6.67. The molecular weight excluding hydrogens is 516 g/mol. The molecule has 210 valence electrons. The number of amides is 1. The Balaban J connectivity index is 1.50. The number of aromatic nitrogens is 2. The number of alkyl carbamates (subject to hydrolysis) is 1. The highest BCUT2D eigenvalue weighted by atomic mass is 16.6. The van der Waals surface area contributed by atoms with Gasteiger partial charge in [-0.2, -0.15) is 0 Å². The van der Waals surface area contributed by atoms with Crippen molar-refractivity contribution in [3.05, 3.63) is 102 Å². The smallest absolute Gasteiger partial charge is 0.408 e. The van der Waals surface area contributed by atoms with Gasteiger partial charge in [0.05, 0.1) is 29.0 Å². The van der Waals surface area contributed by atoms with Gasteiger partial charge < -0.3 is 19.4 Å². The lowest BCUT2D eigenvalue weighted by atomic mass is 9.88. The van der Waals surface area contributed by atoms with Crippen LogP contribution in [0.1, 0.15) is 57.2 Å². The fourth-order valence-electron chi connectivity index (χ4n) is 4.76. The number of rotatable bonds is 6. The standard InChI is InChI=1S/C33H34N4O4/c1-32(2,3)41-31(39)36-33(4,5)23-15-11-22(12-16-23)29(28-25-9-7-8-10-27(25)40-30(28)38)35-24-17-13-21(14-18-24)26-19-37(6)20-34-26/h7-20,28H,1-6H3,(H,36,39). The maximum absolute atomic E-state index is 13.2. The van der Waals surface area contributed by atoms with Crippen LogP contribution in [-0.2, 0) is 22.1 Å². The van der Waals surface area contributed by atoms with E-state index in [1.54, 1.807) is 12.4 Å². The van der Waals surface area contributed by atoms with E-state index in [1.807, 2.05) is 119 Å². The van der Waals surface area contributed by atoms with Crippen molar-refractivity contribution >= 4 is 23.5 Å². The van der Waals surface area contributed by atoms with Gasteiger partial charge in [0.1, 0.15) is 17.3 Å². The van der Waals surface area contributed by atoms with Gasteiger partial charge in [0, 0.05) is 24.4 Å². The molecule has 2 heterocycles. The van der Waals surface area contributed by atoms with E-state index in [1.165, 1.54) is 0 Å². The number of carbonyl (C=O) groups excluding carboxylic acids is 2. The minimum atomic E-state index is -0.696. The third-order valence-electron chi connectivity index (χ3n) is 6.78. The number of hydrogen-bond donors (Lipinski definition) is 1. The third kappa shape index (κ3) is 6.22. The van der Waals surface area contributed by atoms with Gasteiger partial charge in [0.2, 0.25) is 0 Å². The molecule has 0 spiro atoms. The Morgan fingerprint density at radius 1 is 0.976 bits per heavy atom. The Labute approximate surface area is 240 Å². The monoisotopic (exact) mass is 550 g/mol. The molecule has 0 saturated heterocycles. The minimum Gasteiger partial charge on any atom is -0.444 e. The second kappa shape index (κ2) is 10.7. The fourth-order valence-corrected chi connectivity index (χ4v) is 4.76. The molecule has 3 aromatic carbocycles. The fraction of sp³-hybridized carbons (Fsp3) is 0.273. The lowest BCUT2D eigenvalue weighted by Gasteiger charge is -2.29. The molecule has 0 aliphatic carbocycles. The van der Waals surface area contributed by atoms with Crippen molar-refractivity contribution in [1.29, 1.82) is 0 Å².